The number of carbonyl (C=O) groups excluding carboxylic acids is 2. The van der Waals surface area contributed by atoms with Crippen molar-refractivity contribution in [2.45, 2.75) is 13.3 Å². The summed E-state index contributed by atoms with van der Waals surface area (Å²) in [5.74, 6) is -3.27. The third-order valence-electron chi connectivity index (χ3n) is 3.28. The molecule has 2 aromatic carbocycles. The molecular weight excluding hydrogens is 321 g/mol. The van der Waals surface area contributed by atoms with Gasteiger partial charge in [-0.2, -0.15) is 0 Å². The molecule has 4 nitrogen and oxygen atoms in total. The summed E-state index contributed by atoms with van der Waals surface area (Å²) in [4.78, 5) is 24.9. The first-order chi connectivity index (χ1) is 11.4. The van der Waals surface area contributed by atoms with E-state index in [0.717, 1.165) is 12.1 Å². The molecule has 0 bridgehead atoms. The largest absolute Gasteiger partial charge is 0.326 e. The highest BCUT2D eigenvalue weighted by Crippen LogP contribution is 2.16. The number of nitrogens with zero attached hydrogens (tertiary/aromatic N) is 1. The molecule has 2 aromatic rings. The van der Waals surface area contributed by atoms with Gasteiger partial charge in [-0.3, -0.25) is 9.59 Å². The van der Waals surface area contributed by atoms with E-state index in [9.17, 15) is 22.8 Å². The summed E-state index contributed by atoms with van der Waals surface area (Å²) in [7, 11) is 0. The van der Waals surface area contributed by atoms with Crippen LogP contribution in [-0.4, -0.2) is 18.4 Å². The van der Waals surface area contributed by atoms with Crippen molar-refractivity contribution in [2.75, 3.05) is 16.8 Å². The van der Waals surface area contributed by atoms with Gasteiger partial charge in [0.05, 0.1) is 0 Å². The Morgan fingerprint density at radius 3 is 2.25 bits per heavy atom. The summed E-state index contributed by atoms with van der Waals surface area (Å²) in [5, 5.41) is 2.42. The predicted octanol–water partition coefficient (Wildman–Crippen LogP) is 3.49. The first-order valence-electron chi connectivity index (χ1n) is 7.15. The molecule has 0 heterocycles. The van der Waals surface area contributed by atoms with Gasteiger partial charge in [0.2, 0.25) is 11.8 Å². The molecule has 0 aliphatic carbocycles. The fraction of sp³-hybridized carbons (Fsp3) is 0.176. The molecule has 24 heavy (non-hydrogen) atoms. The minimum absolute atomic E-state index is 0.0596. The van der Waals surface area contributed by atoms with Crippen LogP contribution in [-0.2, 0) is 9.59 Å². The standard InChI is InChI=1S/C17H15F3N2O2/c1-11(23)22(14-5-2-12(18)3-6-14)9-8-17(24)21-13-4-7-15(19)16(20)10-13/h2-7,10H,8-9H2,1H3,(H,21,24). The van der Waals surface area contributed by atoms with E-state index in [-0.39, 0.29) is 24.6 Å². The molecule has 0 aliphatic rings. The van der Waals surface area contributed by atoms with Crippen molar-refractivity contribution in [1.82, 2.24) is 0 Å². The topological polar surface area (TPSA) is 49.4 Å². The number of rotatable bonds is 5. The number of benzene rings is 2. The highest BCUT2D eigenvalue weighted by atomic mass is 19.2. The molecule has 0 saturated carbocycles. The lowest BCUT2D eigenvalue weighted by Gasteiger charge is -2.21. The van der Waals surface area contributed by atoms with Crippen LogP contribution >= 0.6 is 0 Å². The second kappa shape index (κ2) is 7.63. The van der Waals surface area contributed by atoms with Crippen molar-refractivity contribution in [3.63, 3.8) is 0 Å². The number of carbonyl (C=O) groups is 2. The minimum atomic E-state index is -1.07. The minimum Gasteiger partial charge on any atom is -0.326 e. The Morgan fingerprint density at radius 1 is 1.00 bits per heavy atom. The lowest BCUT2D eigenvalue weighted by Crippen LogP contribution is -2.31. The highest BCUT2D eigenvalue weighted by molar-refractivity contribution is 5.94. The lowest BCUT2D eigenvalue weighted by molar-refractivity contribution is -0.117. The average molecular weight is 336 g/mol. The maximum atomic E-state index is 13.1. The molecule has 0 aliphatic heterocycles. The normalized spacial score (nSPS) is 10.3. The van der Waals surface area contributed by atoms with Gasteiger partial charge in [-0.1, -0.05) is 0 Å². The Kier molecular flexibility index (Phi) is 5.57. The van der Waals surface area contributed by atoms with Crippen molar-refractivity contribution in [1.29, 1.82) is 0 Å². The zero-order valence-corrected chi connectivity index (χ0v) is 12.9. The van der Waals surface area contributed by atoms with Crippen LogP contribution in [0, 0.1) is 17.5 Å². The van der Waals surface area contributed by atoms with Gasteiger partial charge >= 0.3 is 0 Å². The van der Waals surface area contributed by atoms with Gasteiger partial charge in [-0.15, -0.1) is 0 Å². The monoisotopic (exact) mass is 336 g/mol. The van der Waals surface area contributed by atoms with Crippen LogP contribution < -0.4 is 10.2 Å². The van der Waals surface area contributed by atoms with Crippen molar-refractivity contribution in [3.05, 3.63) is 59.9 Å². The van der Waals surface area contributed by atoms with Crippen LogP contribution in [0.2, 0.25) is 0 Å². The van der Waals surface area contributed by atoms with Gasteiger partial charge < -0.3 is 10.2 Å². The van der Waals surface area contributed by atoms with Crippen molar-refractivity contribution in [3.8, 4) is 0 Å². The molecule has 0 aromatic heterocycles. The number of hydrogen-bond donors (Lipinski definition) is 1. The average Bonchev–Trinajstić information content (AvgIpc) is 2.52. The Labute approximate surface area is 136 Å². The number of amides is 2. The van der Waals surface area contributed by atoms with Crippen LogP contribution in [0.4, 0.5) is 24.5 Å². The number of anilines is 2. The second-order valence-electron chi connectivity index (χ2n) is 5.07. The SMILES string of the molecule is CC(=O)N(CCC(=O)Nc1ccc(F)c(F)c1)c1ccc(F)cc1. The predicted molar refractivity (Wildman–Crippen MR) is 84.0 cm³/mol. The molecule has 0 unspecified atom stereocenters. The molecular formula is C17H15F3N2O2. The zero-order valence-electron chi connectivity index (χ0n) is 12.9. The Balaban J connectivity index is 1.98. The molecule has 7 heteroatoms. The van der Waals surface area contributed by atoms with E-state index in [1.54, 1.807) is 0 Å². The van der Waals surface area contributed by atoms with Crippen LogP contribution in [0.15, 0.2) is 42.5 Å². The molecule has 126 valence electrons. The fourth-order valence-electron chi connectivity index (χ4n) is 2.10. The number of nitrogens with one attached hydrogen (secondary N) is 1. The van der Waals surface area contributed by atoms with Crippen LogP contribution in [0.25, 0.3) is 0 Å². The van der Waals surface area contributed by atoms with E-state index in [1.165, 1.54) is 42.2 Å². The van der Waals surface area contributed by atoms with Gasteiger partial charge in [0.1, 0.15) is 5.82 Å². The van der Waals surface area contributed by atoms with Crippen LogP contribution in [0.3, 0.4) is 0 Å². The van der Waals surface area contributed by atoms with Crippen molar-refractivity contribution >= 4 is 23.2 Å². The Bertz CT molecular complexity index is 748. The third-order valence-corrected chi connectivity index (χ3v) is 3.28. The zero-order chi connectivity index (χ0) is 17.7. The first-order valence-corrected chi connectivity index (χ1v) is 7.15. The quantitative estimate of drug-likeness (QED) is 0.909. The summed E-state index contributed by atoms with van der Waals surface area (Å²) in [5.41, 5.74) is 0.583. The molecule has 2 rings (SSSR count). The summed E-state index contributed by atoms with van der Waals surface area (Å²) >= 11 is 0. The summed E-state index contributed by atoms with van der Waals surface area (Å²) in [6.45, 7) is 1.40. The molecule has 1 N–H and O–H groups in total. The molecule has 0 radical (unpaired) electrons. The molecule has 0 fully saturated rings. The molecule has 0 saturated heterocycles. The van der Waals surface area contributed by atoms with Gasteiger partial charge in [0.25, 0.3) is 0 Å². The van der Waals surface area contributed by atoms with E-state index in [0.29, 0.717) is 5.69 Å². The Morgan fingerprint density at radius 2 is 1.67 bits per heavy atom. The van der Waals surface area contributed by atoms with Crippen LogP contribution in [0.5, 0.6) is 0 Å². The van der Waals surface area contributed by atoms with Gasteiger partial charge in [0.15, 0.2) is 11.6 Å². The molecule has 0 spiro atoms. The maximum Gasteiger partial charge on any atom is 0.226 e. The molecule has 0 atom stereocenters. The van der Waals surface area contributed by atoms with E-state index in [2.05, 4.69) is 5.32 Å². The molecule has 2 amide bonds. The van der Waals surface area contributed by atoms with Crippen molar-refractivity contribution in [2.24, 2.45) is 0 Å². The number of hydrogen-bond acceptors (Lipinski definition) is 2. The van der Waals surface area contributed by atoms with E-state index >= 15 is 0 Å². The van der Waals surface area contributed by atoms with E-state index < -0.39 is 23.4 Å². The second-order valence-corrected chi connectivity index (χ2v) is 5.07. The van der Waals surface area contributed by atoms with E-state index in [4.69, 9.17) is 0 Å². The first kappa shape index (κ1) is 17.5. The summed E-state index contributed by atoms with van der Waals surface area (Å²) in [6, 6.07) is 8.31. The Hall–Kier alpha value is -2.83. The van der Waals surface area contributed by atoms with Gasteiger partial charge in [0, 0.05) is 37.3 Å². The maximum absolute atomic E-state index is 13.1. The van der Waals surface area contributed by atoms with E-state index in [1.807, 2.05) is 0 Å². The third kappa shape index (κ3) is 4.58. The fourth-order valence-corrected chi connectivity index (χ4v) is 2.10. The summed E-state index contributed by atoms with van der Waals surface area (Å²) < 4.78 is 38.9. The van der Waals surface area contributed by atoms with Gasteiger partial charge in [-0.25, -0.2) is 13.2 Å². The highest BCUT2D eigenvalue weighted by Gasteiger charge is 2.14. The van der Waals surface area contributed by atoms with Crippen molar-refractivity contribution < 1.29 is 22.8 Å². The lowest BCUT2D eigenvalue weighted by atomic mass is 10.2. The number of halogens is 3. The van der Waals surface area contributed by atoms with Crippen LogP contribution in [0.1, 0.15) is 13.3 Å². The smallest absolute Gasteiger partial charge is 0.226 e. The van der Waals surface area contributed by atoms with Gasteiger partial charge in [-0.05, 0) is 36.4 Å². The summed E-state index contributed by atoms with van der Waals surface area (Å²) in [6.07, 6.45) is -0.0596.